The number of ether oxygens (including phenoxy) is 2. The van der Waals surface area contributed by atoms with Crippen LogP contribution in [-0.4, -0.2) is 55.1 Å². The van der Waals surface area contributed by atoms with Crippen molar-refractivity contribution in [2.45, 2.75) is 98.8 Å². The van der Waals surface area contributed by atoms with Crippen LogP contribution >= 0.6 is 0 Å². The van der Waals surface area contributed by atoms with Gasteiger partial charge in [-0.1, -0.05) is 88.0 Å². The zero-order valence-electron chi connectivity index (χ0n) is 27.6. The number of Topliss-reactive ketones (excluding diaryl/α,β-unsaturated/α-hetero) is 1. The third kappa shape index (κ3) is 15.7. The van der Waals surface area contributed by atoms with Crippen LogP contribution in [0.3, 0.4) is 0 Å². The normalized spacial score (nSPS) is 18.4. The Kier molecular flexibility index (Phi) is 17.7. The van der Waals surface area contributed by atoms with E-state index in [0.717, 1.165) is 5.57 Å². The highest BCUT2D eigenvalue weighted by atomic mass is 16.6. The summed E-state index contributed by atoms with van der Waals surface area (Å²) in [6.45, 7) is 14.3. The third-order valence-corrected chi connectivity index (χ3v) is 6.98. The summed E-state index contributed by atoms with van der Waals surface area (Å²) >= 11 is 0. The first kappa shape index (κ1) is 38.3. The molecule has 0 aromatic rings. The topological polar surface area (TPSA) is 137 Å². The van der Waals surface area contributed by atoms with Gasteiger partial charge in [-0.15, -0.1) is 0 Å². The Morgan fingerprint density at radius 3 is 2.45 bits per heavy atom. The fraction of sp³-hybridized carbons (Fsp3) is 0.543. The Labute approximate surface area is 263 Å². The highest BCUT2D eigenvalue weighted by molar-refractivity contribution is 5.94. The fourth-order valence-electron chi connectivity index (χ4n) is 4.41. The number of amides is 2. The molecule has 0 radical (unpaired) electrons. The largest absolute Gasteiger partial charge is 0.458 e. The van der Waals surface area contributed by atoms with Gasteiger partial charge in [0.25, 0.3) is 0 Å². The first-order valence-electron chi connectivity index (χ1n) is 15.4. The maximum absolute atomic E-state index is 13.1. The van der Waals surface area contributed by atoms with Crippen molar-refractivity contribution in [3.05, 3.63) is 71.9 Å². The standard InChI is InChI=1S/C35H53N3O6/c1-8-9-16-28(43-34(42)37-23-14-22-36)17-11-12-18-29(39)32(35(5,6)7)38-31(40)19-13-10-15-25(2)24-27(4)30-21-20-26(3)33(41)44-30/h8-13,15,19-20,24,27-28,30,32H,14,16-18,21-23,36H2,1-7H3,(H,37,42)(H,38,40)/b9-8-,12-11-,15-10-,19-13-,25-24+/t27-,28-,30-,32+/m0/s1. The average Bonchev–Trinajstić information content (AvgIpc) is 2.95. The van der Waals surface area contributed by atoms with E-state index in [1.165, 1.54) is 6.08 Å². The van der Waals surface area contributed by atoms with Gasteiger partial charge in [0, 0.05) is 49.8 Å². The summed E-state index contributed by atoms with van der Waals surface area (Å²) in [5.74, 6) is -0.701. The molecule has 9 nitrogen and oxygen atoms in total. The minimum absolute atomic E-state index is 0.0467. The molecule has 1 aliphatic heterocycles. The Hall–Kier alpha value is -3.72. The van der Waals surface area contributed by atoms with E-state index in [4.69, 9.17) is 15.2 Å². The molecule has 44 heavy (non-hydrogen) atoms. The number of hydrogen-bond donors (Lipinski definition) is 3. The van der Waals surface area contributed by atoms with E-state index in [1.54, 1.807) is 25.2 Å². The highest BCUT2D eigenvalue weighted by Gasteiger charge is 2.31. The van der Waals surface area contributed by atoms with Crippen LogP contribution in [0.15, 0.2) is 71.9 Å². The summed E-state index contributed by atoms with van der Waals surface area (Å²) in [6, 6.07) is -0.685. The maximum atomic E-state index is 13.1. The van der Waals surface area contributed by atoms with Gasteiger partial charge in [-0.3, -0.25) is 9.59 Å². The van der Waals surface area contributed by atoms with E-state index in [0.29, 0.717) is 44.3 Å². The Bertz CT molecular complexity index is 1140. The van der Waals surface area contributed by atoms with E-state index in [2.05, 4.69) is 10.6 Å². The quantitative estimate of drug-likeness (QED) is 0.0623. The molecule has 0 saturated heterocycles. The summed E-state index contributed by atoms with van der Waals surface area (Å²) in [5, 5.41) is 5.53. The van der Waals surface area contributed by atoms with Crippen LogP contribution in [0.4, 0.5) is 4.79 Å². The molecule has 9 heteroatoms. The number of alkyl carbamates (subject to hydrolysis) is 1. The molecule has 244 valence electrons. The van der Waals surface area contributed by atoms with Crippen LogP contribution in [0, 0.1) is 11.3 Å². The van der Waals surface area contributed by atoms with Crippen LogP contribution in [0.25, 0.3) is 0 Å². The number of nitrogens with one attached hydrogen (secondary N) is 2. The molecule has 0 bridgehead atoms. The van der Waals surface area contributed by atoms with Crippen LogP contribution in [-0.2, 0) is 23.9 Å². The molecular formula is C35H53N3O6. The Morgan fingerprint density at radius 1 is 1.14 bits per heavy atom. The van der Waals surface area contributed by atoms with E-state index in [-0.39, 0.29) is 42.2 Å². The lowest BCUT2D eigenvalue weighted by atomic mass is 9.83. The summed E-state index contributed by atoms with van der Waals surface area (Å²) in [6.07, 6.45) is 19.5. The number of cyclic esters (lactones) is 1. The minimum atomic E-state index is -0.685. The van der Waals surface area contributed by atoms with Gasteiger partial charge in [0.2, 0.25) is 5.91 Å². The molecule has 0 spiro atoms. The second-order valence-corrected chi connectivity index (χ2v) is 12.1. The van der Waals surface area contributed by atoms with Crippen LogP contribution < -0.4 is 16.4 Å². The summed E-state index contributed by atoms with van der Waals surface area (Å²) in [7, 11) is 0. The molecule has 1 aliphatic rings. The van der Waals surface area contributed by atoms with E-state index >= 15 is 0 Å². The zero-order chi connectivity index (χ0) is 33.1. The SMILES string of the molecule is C/C=C\C[C@@H](C/C=C\CC(=O)[C@@H](NC(=O)\C=C/C=C\C(C)=C\[C@H](C)[C@@H]1CC=C(C)C(=O)O1)C(C)(C)C)OC(=O)NCCCN. The van der Waals surface area contributed by atoms with Crippen LogP contribution in [0.1, 0.15) is 80.6 Å². The molecule has 4 N–H and O–H groups in total. The molecule has 0 fully saturated rings. The lowest BCUT2D eigenvalue weighted by Crippen LogP contribution is -2.48. The monoisotopic (exact) mass is 611 g/mol. The number of carbonyl (C=O) groups is 4. The predicted octanol–water partition coefficient (Wildman–Crippen LogP) is 5.79. The van der Waals surface area contributed by atoms with E-state index in [9.17, 15) is 19.2 Å². The van der Waals surface area contributed by atoms with Crippen molar-refractivity contribution in [2.24, 2.45) is 17.1 Å². The molecule has 1 rings (SSSR count). The van der Waals surface area contributed by atoms with E-state index < -0.39 is 17.6 Å². The Morgan fingerprint density at radius 2 is 1.82 bits per heavy atom. The number of nitrogens with two attached hydrogens (primary N) is 1. The van der Waals surface area contributed by atoms with Crippen molar-refractivity contribution in [3.63, 3.8) is 0 Å². The van der Waals surface area contributed by atoms with Crippen molar-refractivity contribution < 1.29 is 28.7 Å². The van der Waals surface area contributed by atoms with Gasteiger partial charge in [0.05, 0.1) is 6.04 Å². The molecule has 0 aliphatic carbocycles. The molecule has 4 atom stereocenters. The number of hydrogen-bond acceptors (Lipinski definition) is 7. The van der Waals surface area contributed by atoms with Gasteiger partial charge in [-0.2, -0.15) is 0 Å². The second-order valence-electron chi connectivity index (χ2n) is 12.1. The predicted molar refractivity (Wildman–Crippen MR) is 176 cm³/mol. The molecule has 0 saturated carbocycles. The van der Waals surface area contributed by atoms with Crippen LogP contribution in [0.5, 0.6) is 0 Å². The molecule has 0 aromatic heterocycles. The number of carbonyl (C=O) groups excluding carboxylic acids is 4. The Balaban J connectivity index is 2.68. The van der Waals surface area contributed by atoms with Gasteiger partial charge >= 0.3 is 12.1 Å². The fourth-order valence-corrected chi connectivity index (χ4v) is 4.41. The smallest absolute Gasteiger partial charge is 0.407 e. The number of allylic oxidation sites excluding steroid dienone is 6. The second kappa shape index (κ2) is 20.3. The molecule has 0 aromatic carbocycles. The first-order valence-corrected chi connectivity index (χ1v) is 15.4. The first-order chi connectivity index (χ1) is 20.8. The average molecular weight is 612 g/mol. The molecule has 1 heterocycles. The number of rotatable bonds is 17. The minimum Gasteiger partial charge on any atom is -0.458 e. The van der Waals surface area contributed by atoms with Crippen molar-refractivity contribution in [1.82, 2.24) is 10.6 Å². The third-order valence-electron chi connectivity index (χ3n) is 6.98. The van der Waals surface area contributed by atoms with Crippen molar-refractivity contribution in [2.75, 3.05) is 13.1 Å². The van der Waals surface area contributed by atoms with Gasteiger partial charge in [0.15, 0.2) is 5.78 Å². The van der Waals surface area contributed by atoms with Gasteiger partial charge in [0.1, 0.15) is 12.2 Å². The summed E-state index contributed by atoms with van der Waals surface area (Å²) in [5.41, 5.74) is 6.58. The van der Waals surface area contributed by atoms with Crippen LogP contribution in [0.2, 0.25) is 0 Å². The van der Waals surface area contributed by atoms with Crippen molar-refractivity contribution in [1.29, 1.82) is 0 Å². The van der Waals surface area contributed by atoms with Crippen molar-refractivity contribution >= 4 is 23.8 Å². The summed E-state index contributed by atoms with van der Waals surface area (Å²) in [4.78, 5) is 49.6. The number of esters is 1. The van der Waals surface area contributed by atoms with E-state index in [1.807, 2.05) is 78.0 Å². The maximum Gasteiger partial charge on any atom is 0.407 e. The van der Waals surface area contributed by atoms with Crippen molar-refractivity contribution in [3.8, 4) is 0 Å². The van der Waals surface area contributed by atoms with Gasteiger partial charge < -0.3 is 25.8 Å². The molecule has 0 unspecified atom stereocenters. The lowest BCUT2D eigenvalue weighted by molar-refractivity contribution is -0.147. The zero-order valence-corrected chi connectivity index (χ0v) is 27.6. The van der Waals surface area contributed by atoms with Gasteiger partial charge in [-0.25, -0.2) is 9.59 Å². The number of ketones is 1. The summed E-state index contributed by atoms with van der Waals surface area (Å²) < 4.78 is 11.0. The highest BCUT2D eigenvalue weighted by Crippen LogP contribution is 2.23. The molecule has 2 amide bonds. The lowest BCUT2D eigenvalue weighted by Gasteiger charge is -2.29. The molecular weight excluding hydrogens is 558 g/mol. The van der Waals surface area contributed by atoms with Gasteiger partial charge in [-0.05, 0) is 39.2 Å².